The second-order valence-corrected chi connectivity index (χ2v) is 9.57. The van der Waals surface area contributed by atoms with Crippen LogP contribution in [0.5, 0.6) is 0 Å². The van der Waals surface area contributed by atoms with Crippen molar-refractivity contribution >= 4 is 40.8 Å². The lowest BCUT2D eigenvalue weighted by Crippen LogP contribution is -2.75. The first-order chi connectivity index (χ1) is 20.0. The van der Waals surface area contributed by atoms with Gasteiger partial charge < -0.3 is 20.8 Å². The largest absolute Gasteiger partial charge is 0.460 e. The highest BCUT2D eigenvalue weighted by Gasteiger charge is 2.74. The number of nitrogens with one attached hydrogen (secondary N) is 1. The molecule has 2 rings (SSSR count). The summed E-state index contributed by atoms with van der Waals surface area (Å²) in [5, 5.41) is -0.00537. The van der Waals surface area contributed by atoms with Gasteiger partial charge in [-0.1, -0.05) is 11.8 Å². The molecule has 1 aromatic rings. The Labute approximate surface area is 243 Å². The van der Waals surface area contributed by atoms with Crippen LogP contribution in [0.3, 0.4) is 0 Å². The number of hydrogen-bond acceptors (Lipinski definition) is 8. The monoisotopic (exact) mass is 648 g/mol. The Morgan fingerprint density at radius 1 is 1.28 bits per heavy atom. The molecule has 1 saturated heterocycles. The molecule has 1 heterocycles. The van der Waals surface area contributed by atoms with E-state index < -0.39 is 47.5 Å². The maximum absolute atomic E-state index is 14.4. The van der Waals surface area contributed by atoms with Gasteiger partial charge in [0.1, 0.15) is 11.9 Å². The van der Waals surface area contributed by atoms with Gasteiger partial charge in [0.2, 0.25) is 0 Å². The SMILES string of the molecule is CO[NH2+]c1ccc(SC(=NCCN2CC(C)OC2=O)NN)c(C(=O)N=C/C(=C\C(F)=C\N)C(F)(F)C(F)(F)C(F)(F)F)c1. The first kappa shape index (κ1) is 35.4. The molecule has 11 nitrogen and oxygen atoms in total. The molecule has 1 aliphatic rings. The minimum absolute atomic E-state index is 0.00537. The lowest BCUT2D eigenvalue weighted by Gasteiger charge is -2.28. The predicted molar refractivity (Wildman–Crippen MR) is 138 cm³/mol. The standard InChI is InChI=1S/C23H25F8N7O4S/c1-12-11-38(20(40)42-12)6-5-34-19(36-33)43-17-4-3-15(37-41-2)8-16(17)18(39)35-10-13(7-14(24)9-32)21(25,26)22(27,28)23(29,30)31/h3-4,7-10,12,37H,5-6,11,32-33H2,1-2H3,(H,34,36)/p+1/b13-7+,14-9-,35-10?. The van der Waals surface area contributed by atoms with E-state index in [4.69, 9.17) is 21.2 Å². The molecule has 0 aliphatic carbocycles. The fourth-order valence-corrected chi connectivity index (χ4v) is 4.13. The van der Waals surface area contributed by atoms with E-state index in [0.29, 0.717) is 6.54 Å². The Morgan fingerprint density at radius 2 is 1.95 bits per heavy atom. The van der Waals surface area contributed by atoms with Crippen molar-refractivity contribution < 1.29 is 59.8 Å². The first-order valence-corrected chi connectivity index (χ1v) is 12.6. The number of cyclic esters (lactones) is 1. The van der Waals surface area contributed by atoms with Crippen molar-refractivity contribution in [2.24, 2.45) is 21.6 Å². The van der Waals surface area contributed by atoms with Crippen molar-refractivity contribution in [1.29, 1.82) is 0 Å². The van der Waals surface area contributed by atoms with Crippen molar-refractivity contribution in [1.82, 2.24) is 10.3 Å². The maximum atomic E-state index is 14.4. The van der Waals surface area contributed by atoms with Crippen LogP contribution in [0.2, 0.25) is 0 Å². The number of hydrazine groups is 1. The third-order valence-corrected chi connectivity index (χ3v) is 6.38. The summed E-state index contributed by atoms with van der Waals surface area (Å²) in [5.74, 6) is -10.5. The van der Waals surface area contributed by atoms with E-state index in [1.165, 1.54) is 24.1 Å². The van der Waals surface area contributed by atoms with Crippen LogP contribution in [0.1, 0.15) is 17.3 Å². The number of amides is 2. The van der Waals surface area contributed by atoms with Crippen molar-refractivity contribution in [3.63, 3.8) is 0 Å². The summed E-state index contributed by atoms with van der Waals surface area (Å²) in [6, 6.07) is 3.89. The molecule has 1 fully saturated rings. The smallest absolute Gasteiger partial charge is 0.445 e. The molecule has 20 heteroatoms. The summed E-state index contributed by atoms with van der Waals surface area (Å²) in [6.45, 7) is 2.20. The molecular weight excluding hydrogens is 622 g/mol. The van der Waals surface area contributed by atoms with E-state index >= 15 is 0 Å². The highest BCUT2D eigenvalue weighted by molar-refractivity contribution is 8.13. The number of nitrogens with zero attached hydrogens (tertiary/aromatic N) is 3. The number of rotatable bonds is 11. The van der Waals surface area contributed by atoms with E-state index in [0.717, 1.165) is 23.3 Å². The van der Waals surface area contributed by atoms with Gasteiger partial charge in [0.25, 0.3) is 5.91 Å². The molecule has 0 radical (unpaired) electrons. The Bertz CT molecular complexity index is 1300. The highest BCUT2D eigenvalue weighted by Crippen LogP contribution is 2.49. The highest BCUT2D eigenvalue weighted by atomic mass is 32.2. The van der Waals surface area contributed by atoms with Crippen LogP contribution < -0.4 is 22.5 Å². The van der Waals surface area contributed by atoms with Gasteiger partial charge in [0, 0.05) is 41.6 Å². The minimum atomic E-state index is -6.75. The third kappa shape index (κ3) is 8.88. The number of nitrogens with two attached hydrogens (primary N) is 3. The van der Waals surface area contributed by atoms with Gasteiger partial charge in [-0.05, 0) is 19.1 Å². The van der Waals surface area contributed by atoms with E-state index in [1.807, 2.05) is 0 Å². The number of alkyl halides is 7. The zero-order valence-electron chi connectivity index (χ0n) is 22.3. The lowest BCUT2D eigenvalue weighted by molar-refractivity contribution is -0.830. The van der Waals surface area contributed by atoms with Gasteiger partial charge >= 0.3 is 24.1 Å². The number of thioether (sulfide) groups is 1. The predicted octanol–water partition coefficient (Wildman–Crippen LogP) is 2.93. The van der Waals surface area contributed by atoms with Gasteiger partial charge in [0.15, 0.2) is 10.9 Å². The topological polar surface area (TPSA) is 161 Å². The number of aliphatic imine (C=N–C) groups is 2. The van der Waals surface area contributed by atoms with Gasteiger partial charge in [-0.2, -0.15) is 36.2 Å². The average molecular weight is 649 g/mol. The quantitative estimate of drug-likeness (QED) is 0.0417. The van der Waals surface area contributed by atoms with Crippen LogP contribution in [0.15, 0.2) is 56.8 Å². The molecule has 238 valence electrons. The molecule has 0 aromatic heterocycles. The molecule has 1 atom stereocenters. The normalized spacial score (nSPS) is 17.6. The number of amidine groups is 1. The fourth-order valence-electron chi connectivity index (χ4n) is 3.31. The fraction of sp³-hybridized carbons (Fsp3) is 0.391. The number of ether oxygens (including phenoxy) is 1. The van der Waals surface area contributed by atoms with Gasteiger partial charge in [-0.3, -0.25) is 9.79 Å². The molecule has 0 bridgehead atoms. The van der Waals surface area contributed by atoms with Gasteiger partial charge in [0.05, 0.1) is 25.8 Å². The summed E-state index contributed by atoms with van der Waals surface area (Å²) in [7, 11) is 1.27. The molecule has 2 amide bonds. The maximum Gasteiger partial charge on any atom is 0.460 e. The Morgan fingerprint density at radius 3 is 2.49 bits per heavy atom. The molecule has 0 saturated carbocycles. The minimum Gasteiger partial charge on any atom is -0.445 e. The third-order valence-electron chi connectivity index (χ3n) is 5.37. The number of carbonyl (C=O) groups is 2. The zero-order chi connectivity index (χ0) is 32.6. The zero-order valence-corrected chi connectivity index (χ0v) is 23.1. The van der Waals surface area contributed by atoms with Crippen LogP contribution in [0.4, 0.5) is 45.6 Å². The van der Waals surface area contributed by atoms with E-state index in [9.17, 15) is 44.7 Å². The van der Waals surface area contributed by atoms with Crippen LogP contribution in [0, 0.1) is 0 Å². The number of allylic oxidation sites excluding steroid dienone is 3. The molecule has 43 heavy (non-hydrogen) atoms. The number of benzene rings is 1. The van der Waals surface area contributed by atoms with E-state index in [1.54, 1.807) is 6.92 Å². The molecule has 1 unspecified atom stereocenters. The van der Waals surface area contributed by atoms with Crippen LogP contribution >= 0.6 is 11.8 Å². The Kier molecular flexibility index (Phi) is 12.1. The molecule has 1 aliphatic heterocycles. The molecule has 7 N–H and O–H groups in total. The molecule has 1 aromatic carbocycles. The molecule has 0 spiro atoms. The average Bonchev–Trinajstić information content (AvgIpc) is 3.26. The second kappa shape index (κ2) is 14.6. The van der Waals surface area contributed by atoms with E-state index in [-0.39, 0.29) is 52.9 Å². The van der Waals surface area contributed by atoms with Crippen molar-refractivity contribution in [3.05, 3.63) is 47.4 Å². The van der Waals surface area contributed by atoms with Crippen LogP contribution in [0.25, 0.3) is 0 Å². The number of hydrogen-bond donors (Lipinski definition) is 4. The number of halogens is 8. The Hall–Kier alpha value is -3.75. The summed E-state index contributed by atoms with van der Waals surface area (Å²) in [5.41, 5.74) is 5.77. The lowest BCUT2D eigenvalue weighted by atomic mass is 10.0. The Balaban J connectivity index is 2.44. The first-order valence-electron chi connectivity index (χ1n) is 11.8. The molecular formula is C23H26F8N7O4S+. The summed E-state index contributed by atoms with van der Waals surface area (Å²) < 4.78 is 113. The van der Waals surface area contributed by atoms with Crippen LogP contribution in [-0.2, 0) is 9.57 Å². The number of quaternary nitrogens is 1. The van der Waals surface area contributed by atoms with Crippen molar-refractivity contribution in [2.75, 3.05) is 26.7 Å². The number of carbonyl (C=O) groups excluding carboxylic acids is 2. The van der Waals surface area contributed by atoms with Gasteiger partial charge in [-0.25, -0.2) is 24.9 Å². The second-order valence-electron chi connectivity index (χ2n) is 8.54. The summed E-state index contributed by atoms with van der Waals surface area (Å²) in [4.78, 5) is 38.2. The van der Waals surface area contributed by atoms with Crippen molar-refractivity contribution in [2.45, 2.75) is 35.9 Å². The van der Waals surface area contributed by atoms with Crippen LogP contribution in [-0.4, -0.2) is 79.2 Å². The summed E-state index contributed by atoms with van der Waals surface area (Å²) in [6.07, 6.45) is -8.32. The van der Waals surface area contributed by atoms with Gasteiger partial charge in [-0.15, -0.1) is 0 Å². The summed E-state index contributed by atoms with van der Waals surface area (Å²) >= 11 is 0.729. The van der Waals surface area contributed by atoms with Crippen molar-refractivity contribution in [3.8, 4) is 0 Å². The van der Waals surface area contributed by atoms with E-state index in [2.05, 4.69) is 15.4 Å².